The van der Waals surface area contributed by atoms with Gasteiger partial charge in [0.15, 0.2) is 11.6 Å². The molecular weight excluding hydrogens is 997 g/mol. The van der Waals surface area contributed by atoms with Gasteiger partial charge in [0, 0.05) is 92.4 Å². The van der Waals surface area contributed by atoms with E-state index in [1.54, 1.807) is 6.07 Å². The Morgan fingerprint density at radius 2 is 1.35 bits per heavy atom. The van der Waals surface area contributed by atoms with E-state index < -0.39 is 29.3 Å². The molecule has 2 saturated heterocycles. The minimum Gasteiger partial charge on any atom is -0.488 e. The van der Waals surface area contributed by atoms with Crippen LogP contribution in [0, 0.1) is 5.82 Å². The molecule has 0 spiro atoms. The van der Waals surface area contributed by atoms with Crippen LogP contribution in [0.1, 0.15) is 63.4 Å². The quantitative estimate of drug-likeness (QED) is 0.0150. The Morgan fingerprint density at radius 3 is 2.03 bits per heavy atom. The maximum Gasteiger partial charge on any atom is 0.421 e. The minimum absolute atomic E-state index is 0.0160. The maximum absolute atomic E-state index is 14.9. The van der Waals surface area contributed by atoms with Crippen LogP contribution in [0.4, 0.5) is 51.2 Å². The summed E-state index contributed by atoms with van der Waals surface area (Å²) in [5.41, 5.74) is -0.524. The molecule has 0 aliphatic carbocycles. The van der Waals surface area contributed by atoms with Crippen molar-refractivity contribution in [1.82, 2.24) is 36.6 Å². The highest BCUT2D eigenvalue weighted by Gasteiger charge is 2.42. The first-order valence-electron chi connectivity index (χ1n) is 24.5. The van der Waals surface area contributed by atoms with Gasteiger partial charge in [-0.15, -0.1) is 0 Å². The van der Waals surface area contributed by atoms with E-state index >= 15 is 0 Å². The Hall–Kier alpha value is -6.28. The summed E-state index contributed by atoms with van der Waals surface area (Å²) in [5, 5.41) is 22.6. The van der Waals surface area contributed by atoms with E-state index in [1.807, 2.05) is 11.8 Å². The molecule has 3 aromatic rings. The number of carbonyl (C=O) groups is 5. The smallest absolute Gasteiger partial charge is 0.421 e. The Bertz CT molecular complexity index is 2290. The van der Waals surface area contributed by atoms with Crippen LogP contribution in [0.3, 0.4) is 0 Å². The lowest BCUT2D eigenvalue weighted by Crippen LogP contribution is -2.36. The van der Waals surface area contributed by atoms with Crippen LogP contribution in [0.15, 0.2) is 61.3 Å². The lowest BCUT2D eigenvalue weighted by Gasteiger charge is -2.16. The van der Waals surface area contributed by atoms with Crippen LogP contribution in [-0.4, -0.2) is 142 Å². The van der Waals surface area contributed by atoms with Crippen molar-refractivity contribution in [2.24, 2.45) is 0 Å². The molecule has 0 bridgehead atoms. The fraction of sp³-hybridized carbons (Fsp3) is 0.531. The van der Waals surface area contributed by atoms with Gasteiger partial charge in [-0.25, -0.2) is 14.2 Å². The second-order valence-corrected chi connectivity index (χ2v) is 18.2. The van der Waals surface area contributed by atoms with Gasteiger partial charge in [-0.1, -0.05) is 19.1 Å². The lowest BCUT2D eigenvalue weighted by atomic mass is 10.0. The number of halogens is 4. The van der Waals surface area contributed by atoms with E-state index in [0.29, 0.717) is 95.5 Å². The summed E-state index contributed by atoms with van der Waals surface area (Å²) in [6.07, 6.45) is 2.16. The van der Waals surface area contributed by atoms with Crippen molar-refractivity contribution in [3.8, 4) is 5.75 Å². The van der Waals surface area contributed by atoms with Gasteiger partial charge < -0.3 is 66.2 Å². The van der Waals surface area contributed by atoms with Crippen LogP contribution in [0.25, 0.3) is 0 Å². The summed E-state index contributed by atoms with van der Waals surface area (Å²) in [6, 6.07) is 10.1. The summed E-state index contributed by atoms with van der Waals surface area (Å²) in [5.74, 6) is -1.63. The van der Waals surface area contributed by atoms with Crippen molar-refractivity contribution in [2.75, 3.05) is 101 Å². The number of anilines is 5. The highest BCUT2D eigenvalue weighted by atomic mass is 32.2. The topological polar surface area (TPSA) is 254 Å². The number of nitrogens with zero attached hydrogens (tertiary/aromatic N) is 2. The van der Waals surface area contributed by atoms with Crippen molar-refractivity contribution >= 4 is 70.3 Å². The van der Waals surface area contributed by atoms with Gasteiger partial charge in [-0.3, -0.25) is 19.2 Å². The van der Waals surface area contributed by atoms with Gasteiger partial charge in [0.25, 0.3) is 0 Å². The molecule has 0 radical (unpaired) electrons. The van der Waals surface area contributed by atoms with Gasteiger partial charge in [0.2, 0.25) is 29.6 Å². The molecule has 2 fully saturated rings. The molecule has 2 aromatic carbocycles. The molecule has 1 aromatic heterocycles. The molecule has 406 valence electrons. The average molecular weight is 1060 g/mol. The normalized spacial score (nSPS) is 15.8. The van der Waals surface area contributed by atoms with Gasteiger partial charge in [0.1, 0.15) is 18.0 Å². The zero-order valence-corrected chi connectivity index (χ0v) is 41.9. The third kappa shape index (κ3) is 22.1. The van der Waals surface area contributed by atoms with Crippen LogP contribution < -0.4 is 47.3 Å². The van der Waals surface area contributed by atoms with Crippen LogP contribution in [0.5, 0.6) is 5.75 Å². The van der Waals surface area contributed by atoms with Crippen molar-refractivity contribution in [3.63, 3.8) is 0 Å². The molecule has 3 unspecified atom stereocenters. The first-order chi connectivity index (χ1) is 35.8. The second kappa shape index (κ2) is 32.1. The van der Waals surface area contributed by atoms with Crippen molar-refractivity contribution in [3.05, 3.63) is 72.7 Å². The van der Waals surface area contributed by atoms with Crippen molar-refractivity contribution in [1.29, 1.82) is 0 Å². The van der Waals surface area contributed by atoms with E-state index in [9.17, 15) is 41.5 Å². The number of fused-ring (bicyclic) bond motifs is 1. The minimum atomic E-state index is -4.80. The number of nitrogens with one attached hydrogen (secondary N) is 8. The Morgan fingerprint density at radius 1 is 0.730 bits per heavy atom. The molecule has 3 atom stereocenters. The molecule has 5 rings (SSSR count). The molecule has 0 saturated carbocycles. The number of thioether (sulfide) groups is 1. The third-order valence-corrected chi connectivity index (χ3v) is 12.6. The van der Waals surface area contributed by atoms with E-state index in [2.05, 4.69) is 59.1 Å². The zero-order chi connectivity index (χ0) is 53.0. The first kappa shape index (κ1) is 58.6. The first-order valence-corrected chi connectivity index (χ1v) is 25.6. The fourth-order valence-electron chi connectivity index (χ4n) is 7.44. The van der Waals surface area contributed by atoms with Crippen molar-refractivity contribution < 1.29 is 65.2 Å². The molecule has 2 aliphatic rings. The summed E-state index contributed by atoms with van der Waals surface area (Å²) in [7, 11) is 0. The standard InChI is InChI=1S/C49H66F4N10O10S/c1-2-41(64)58-33-9-5-10-34(29-33)59-46-36(49(51,52)53)31-57-47(63-46)60-35-15-16-39(37(50)30-35)73-28-27-71-22-19-56-44(67)14-6-13-43(66)55-18-8-21-70-24-26-72-25-23-69-20-7-17-54-42(65)12-4-3-11-40-45-38(32-74-40)61-48(68)62-45/h2,5,9-10,15-16,29-31,38,40,45H,1,3-4,6-8,11-14,17-28,32H2,(H,54,65)(H,55,66)(H,56,67)(H,58,64)(H2,61,62,68)(H2,57,59,60,63). The van der Waals surface area contributed by atoms with Gasteiger partial charge >= 0.3 is 12.2 Å². The number of benzene rings is 2. The van der Waals surface area contributed by atoms with E-state index in [4.69, 9.17) is 23.7 Å². The lowest BCUT2D eigenvalue weighted by molar-refractivity contribution is -0.137. The number of alkyl halides is 3. The number of rotatable bonds is 36. The predicted octanol–water partition coefficient (Wildman–Crippen LogP) is 5.72. The van der Waals surface area contributed by atoms with E-state index in [1.165, 1.54) is 30.3 Å². The number of unbranched alkanes of at least 4 members (excludes halogenated alkanes) is 1. The van der Waals surface area contributed by atoms with Gasteiger partial charge in [-0.05, 0) is 68.5 Å². The Balaban J connectivity index is 0.790. The second-order valence-electron chi connectivity index (χ2n) is 16.9. The molecule has 2 aliphatic heterocycles. The van der Waals surface area contributed by atoms with Crippen LogP contribution >= 0.6 is 11.8 Å². The number of hydrogen-bond donors (Lipinski definition) is 8. The number of hydrogen-bond acceptors (Lipinski definition) is 15. The highest BCUT2D eigenvalue weighted by Crippen LogP contribution is 2.36. The fourth-order valence-corrected chi connectivity index (χ4v) is 8.99. The number of amides is 6. The zero-order valence-electron chi connectivity index (χ0n) is 41.1. The number of aromatic nitrogens is 2. The Kier molecular flexibility index (Phi) is 25.4. The third-order valence-electron chi connectivity index (χ3n) is 11.1. The molecule has 6 amide bonds. The summed E-state index contributed by atoms with van der Waals surface area (Å²) in [4.78, 5) is 67.3. The predicted molar refractivity (Wildman–Crippen MR) is 270 cm³/mol. The summed E-state index contributed by atoms with van der Waals surface area (Å²) < 4.78 is 83.8. The highest BCUT2D eigenvalue weighted by molar-refractivity contribution is 8.00. The number of ether oxygens (including phenoxy) is 5. The summed E-state index contributed by atoms with van der Waals surface area (Å²) in [6.45, 7) is 7.49. The van der Waals surface area contributed by atoms with Crippen molar-refractivity contribution in [2.45, 2.75) is 81.3 Å². The van der Waals surface area contributed by atoms with Crippen LogP contribution in [0.2, 0.25) is 0 Å². The molecule has 25 heteroatoms. The number of carbonyl (C=O) groups excluding carboxylic acids is 5. The van der Waals surface area contributed by atoms with E-state index in [-0.39, 0.29) is 98.1 Å². The largest absolute Gasteiger partial charge is 0.488 e. The molecule has 20 nitrogen and oxygen atoms in total. The van der Waals surface area contributed by atoms with Gasteiger partial charge in [0.05, 0.1) is 51.7 Å². The average Bonchev–Trinajstić information content (AvgIpc) is 3.92. The van der Waals surface area contributed by atoms with Crippen LogP contribution in [-0.2, 0) is 44.3 Å². The molecule has 8 N–H and O–H groups in total. The van der Waals surface area contributed by atoms with E-state index in [0.717, 1.165) is 37.2 Å². The monoisotopic (exact) mass is 1060 g/mol. The molecule has 74 heavy (non-hydrogen) atoms. The summed E-state index contributed by atoms with van der Waals surface area (Å²) >= 11 is 1.88. The Labute approximate surface area is 431 Å². The molecular formula is C49H66F4N10O10S. The van der Waals surface area contributed by atoms with Gasteiger partial charge in [-0.2, -0.15) is 29.9 Å². The number of urea groups is 1. The molecule has 3 heterocycles. The SMILES string of the molecule is C=CC(=O)Nc1cccc(Nc2nc(Nc3ccc(OCCOCCNC(=O)CCCC(=O)NCCCOCCOCCOCCCNC(=O)CCCCC4SCC5NC(=O)NC54)c(F)c3)ncc2C(F)(F)F)c1. The maximum atomic E-state index is 14.9.